The molecule has 116 heavy (non-hydrogen) atoms. The van der Waals surface area contributed by atoms with Crippen LogP contribution < -0.4 is 86.3 Å². The standard InChI is InChI=1S/C74H102N16O26/c1-5-6-7-8-9-10-11-22-55(94)82-46(28-40-23-24-41-17-12-13-18-42(41)27-40)68(109)85-47(30-54(77)93)69(110)87-50(33-61(103)104)70(111)90-63-39(4)116-74(115)51(29-53(92)43-19-14-15-20-44(43)76)88-73(114)62(37(2)26-58(97)98)89-71(112)52(36-91)83-57(96)34-78-65(106)48(31-59(99)100)84-64(105)38(3)80-67(108)49(32-60(101)102)86-66(107)45(21-16-25-75)81-56(95)35-79-72(63)113/h12-15,17-20,23-24,27,37-39,45-52,62-63,91H,5-11,16,21-22,25-26,28-36,75-76H2,1-4H3,(H2,77,93)(H,78,106)(H,79,113)(H,80,108)(H,81,95)(H,82,94)(H,83,96)(H,84,105)(H,85,109)(H,86,107)(H,87,110)(H,88,114)(H,89,112)(H,90,111)(H,97,98)(H,99,100)(H,101,102)(H,103,104)/t37-,38+,39+,45-,46-,47-,48-,49-,50-,51-,52+,62-,63-/m0/s1. The summed E-state index contributed by atoms with van der Waals surface area (Å²) in [6, 6.07) is -5.04. The van der Waals surface area contributed by atoms with Crippen LogP contribution in [-0.2, 0) is 102 Å². The van der Waals surface area contributed by atoms with Gasteiger partial charge in [0.1, 0.15) is 72.6 Å². The minimum Gasteiger partial charge on any atom is -0.481 e. The number of carboxylic acid groups (broad SMARTS) is 4. The first-order valence-electron chi connectivity index (χ1n) is 37.2. The fraction of sp³-hybridized carbons (Fsp3) is 0.514. The molecule has 1 saturated heterocycles. The number of aliphatic hydroxyl groups is 1. The van der Waals surface area contributed by atoms with Crippen molar-refractivity contribution in [2.75, 3.05) is 32.0 Å². The topological polar surface area (TPSA) is 686 Å². The van der Waals surface area contributed by atoms with Gasteiger partial charge in [-0.05, 0) is 74.0 Å². The Morgan fingerprint density at radius 2 is 1.06 bits per heavy atom. The van der Waals surface area contributed by atoms with Gasteiger partial charge in [-0.3, -0.25) is 91.1 Å². The maximum absolute atomic E-state index is 14.8. The van der Waals surface area contributed by atoms with E-state index in [1.807, 2.05) is 22.0 Å². The SMILES string of the molecule is CCCCCCCCCC(=O)N[C@@H](Cc1ccc2ccccc2c1)C(=O)N[C@@H](CC(N)=O)C(=O)N[C@@H](CC(=O)O)C(=O)N[C@@H]1C(=O)NCC(=O)N[C@@H](CCCN)C(=O)N[C@@H](CC(=O)O)C(=O)N[C@H](C)C(=O)N[C@@H](CC(=O)O)C(=O)NCC(=O)N[C@H](CO)C(=O)N[C@@H]([C@@H](C)CC(=O)O)C(=O)N[C@@H](CC(=O)c2ccccc2N)C(=O)O[C@@H]1C. The van der Waals surface area contributed by atoms with Crippen LogP contribution in [0.25, 0.3) is 10.8 Å². The Hall–Kier alpha value is -12.8. The number of hydrogen-bond acceptors (Lipinski definition) is 24. The zero-order valence-electron chi connectivity index (χ0n) is 64.2. The number of benzene rings is 3. The number of carboxylic acids is 4. The number of unbranched alkanes of at least 4 members (excludes halogenated alkanes) is 6. The molecule has 1 heterocycles. The van der Waals surface area contributed by atoms with Crippen LogP contribution in [0, 0.1) is 5.92 Å². The van der Waals surface area contributed by atoms with Gasteiger partial charge in [0.05, 0.1) is 51.8 Å². The van der Waals surface area contributed by atoms with E-state index in [2.05, 4.69) is 60.1 Å². The number of ether oxygens (including phenoxy) is 1. The Morgan fingerprint density at radius 1 is 0.526 bits per heavy atom. The quantitative estimate of drug-likeness (QED) is 0.0114. The number of fused-ring (bicyclic) bond motifs is 1. The summed E-state index contributed by atoms with van der Waals surface area (Å²) in [7, 11) is 0. The molecule has 0 radical (unpaired) electrons. The number of cyclic esters (lactones) is 1. The summed E-state index contributed by atoms with van der Waals surface area (Å²) >= 11 is 0. The molecule has 1 fully saturated rings. The second-order valence-corrected chi connectivity index (χ2v) is 27.6. The van der Waals surface area contributed by atoms with E-state index in [1.54, 1.807) is 36.4 Å². The Bertz CT molecular complexity index is 4090. The lowest BCUT2D eigenvalue weighted by molar-refractivity contribution is -0.156. The number of primary amides is 1. The van der Waals surface area contributed by atoms with Crippen LogP contribution >= 0.6 is 0 Å². The Morgan fingerprint density at radius 3 is 1.66 bits per heavy atom. The molecular formula is C74H102N16O26. The molecule has 42 nitrogen and oxygen atoms in total. The fourth-order valence-electron chi connectivity index (χ4n) is 11.8. The second-order valence-electron chi connectivity index (χ2n) is 27.6. The molecule has 1 aliphatic heterocycles. The van der Waals surface area contributed by atoms with Gasteiger partial charge >= 0.3 is 29.8 Å². The summed E-state index contributed by atoms with van der Waals surface area (Å²) in [4.78, 5) is 273. The van der Waals surface area contributed by atoms with Gasteiger partial charge in [-0.2, -0.15) is 0 Å². The number of para-hydroxylation sites is 1. The maximum atomic E-state index is 14.8. The number of rotatable bonds is 35. The van der Waals surface area contributed by atoms with Gasteiger partial charge in [0.15, 0.2) is 5.78 Å². The molecule has 14 amide bonds. The number of nitrogen functional groups attached to an aromatic ring is 1. The number of Topliss-reactive ketones (excluding diaryl/α,β-unsaturated/α-hetero) is 1. The van der Waals surface area contributed by atoms with E-state index in [1.165, 1.54) is 24.3 Å². The Kier molecular flexibility index (Phi) is 39.8. The van der Waals surface area contributed by atoms with E-state index in [4.69, 9.17) is 21.9 Å². The van der Waals surface area contributed by atoms with Crippen LogP contribution in [0.2, 0.25) is 0 Å². The van der Waals surface area contributed by atoms with Gasteiger partial charge < -0.3 is 117 Å². The second kappa shape index (κ2) is 48.3. The predicted octanol–water partition coefficient (Wildman–Crippen LogP) is -4.95. The minimum absolute atomic E-state index is 0.0148. The smallest absolute Gasteiger partial charge is 0.329 e. The number of amides is 14. The van der Waals surface area contributed by atoms with Crippen molar-refractivity contribution in [3.63, 3.8) is 0 Å². The van der Waals surface area contributed by atoms with Crippen molar-refractivity contribution >= 4 is 135 Å². The van der Waals surface area contributed by atoms with Gasteiger partial charge in [0.2, 0.25) is 82.7 Å². The lowest BCUT2D eigenvalue weighted by Gasteiger charge is -2.30. The summed E-state index contributed by atoms with van der Waals surface area (Å²) in [5.74, 6) is -29.7. The predicted molar refractivity (Wildman–Crippen MR) is 406 cm³/mol. The van der Waals surface area contributed by atoms with Gasteiger partial charge in [0.25, 0.3) is 0 Å². The average molecular weight is 1630 g/mol. The molecule has 0 unspecified atom stereocenters. The summed E-state index contributed by atoms with van der Waals surface area (Å²) in [5, 5.41) is 79.7. The number of nitrogens with one attached hydrogen (secondary N) is 13. The molecule has 0 bridgehead atoms. The first kappa shape index (κ1) is 95.6. The zero-order valence-corrected chi connectivity index (χ0v) is 64.2. The first-order valence-corrected chi connectivity index (χ1v) is 37.2. The highest BCUT2D eigenvalue weighted by Gasteiger charge is 2.41. The molecule has 3 aromatic carbocycles. The number of carbonyl (C=O) groups excluding carboxylic acids is 16. The number of hydrogen-bond donors (Lipinski definition) is 21. The van der Waals surface area contributed by atoms with E-state index in [0.717, 1.165) is 63.6 Å². The average Bonchev–Trinajstić information content (AvgIpc) is 0.839. The lowest BCUT2D eigenvalue weighted by Crippen LogP contribution is -2.62. The molecule has 0 aliphatic carbocycles. The van der Waals surface area contributed by atoms with Crippen molar-refractivity contribution in [1.29, 1.82) is 0 Å². The van der Waals surface area contributed by atoms with E-state index in [9.17, 15) is 121 Å². The summed E-state index contributed by atoms with van der Waals surface area (Å²) < 4.78 is 5.69. The molecule has 0 saturated carbocycles. The number of anilines is 1. The number of ketones is 1. The Balaban J connectivity index is 1.88. The third kappa shape index (κ3) is 33.1. The molecule has 0 spiro atoms. The lowest BCUT2D eigenvalue weighted by atomic mass is 9.96. The maximum Gasteiger partial charge on any atom is 0.329 e. The van der Waals surface area contributed by atoms with Gasteiger partial charge in [-0.15, -0.1) is 0 Å². The molecule has 3 aromatic rings. The molecule has 24 N–H and O–H groups in total. The monoisotopic (exact) mass is 1630 g/mol. The van der Waals surface area contributed by atoms with Crippen LogP contribution in [0.3, 0.4) is 0 Å². The number of carbonyl (C=O) groups is 20. The van der Waals surface area contributed by atoms with E-state index < -0.39 is 261 Å². The molecule has 13 atom stereocenters. The van der Waals surface area contributed by atoms with E-state index in [0.29, 0.717) is 18.4 Å². The van der Waals surface area contributed by atoms with Gasteiger partial charge in [-0.1, -0.05) is 107 Å². The van der Waals surface area contributed by atoms with E-state index >= 15 is 0 Å². The van der Waals surface area contributed by atoms with Crippen molar-refractivity contribution in [1.82, 2.24) is 69.1 Å². The third-order valence-electron chi connectivity index (χ3n) is 18.0. The zero-order chi connectivity index (χ0) is 86.5. The molecule has 42 heteroatoms. The largest absolute Gasteiger partial charge is 0.481 e. The summed E-state index contributed by atoms with van der Waals surface area (Å²) in [6.45, 7) is 1.12. The van der Waals surface area contributed by atoms with Gasteiger partial charge in [0, 0.05) is 30.5 Å². The van der Waals surface area contributed by atoms with Crippen LogP contribution in [-0.4, -0.2) is 243 Å². The highest BCUT2D eigenvalue weighted by molar-refractivity contribution is 6.05. The van der Waals surface area contributed by atoms with Crippen molar-refractivity contribution in [3.05, 3.63) is 77.9 Å². The number of aliphatic hydroxyl groups excluding tert-OH is 1. The first-order chi connectivity index (χ1) is 54.8. The molecular weight excluding hydrogens is 1530 g/mol. The summed E-state index contributed by atoms with van der Waals surface area (Å²) in [5.41, 5.74) is 17.5. The fourth-order valence-corrected chi connectivity index (χ4v) is 11.8. The number of esters is 1. The minimum atomic E-state index is -2.45. The number of nitrogens with two attached hydrogens (primary N) is 3. The van der Waals surface area contributed by atoms with Crippen LogP contribution in [0.4, 0.5) is 5.69 Å². The third-order valence-corrected chi connectivity index (χ3v) is 18.0. The highest BCUT2D eigenvalue weighted by Crippen LogP contribution is 2.20. The van der Waals surface area contributed by atoms with Crippen LogP contribution in [0.1, 0.15) is 146 Å². The van der Waals surface area contributed by atoms with Gasteiger partial charge in [-0.25, -0.2) is 4.79 Å². The van der Waals surface area contributed by atoms with Crippen LogP contribution in [0.15, 0.2) is 66.7 Å². The highest BCUT2D eigenvalue weighted by atomic mass is 16.5. The molecule has 634 valence electrons. The van der Waals surface area contributed by atoms with Crippen molar-refractivity contribution in [2.45, 2.75) is 209 Å². The van der Waals surface area contributed by atoms with Crippen molar-refractivity contribution in [3.8, 4) is 0 Å². The summed E-state index contributed by atoms with van der Waals surface area (Å²) in [6.07, 6.45) is -3.88. The number of aliphatic carboxylic acids is 4. The van der Waals surface area contributed by atoms with Crippen molar-refractivity contribution < 1.29 is 126 Å². The van der Waals surface area contributed by atoms with E-state index in [-0.39, 0.29) is 37.1 Å². The normalized spacial score (nSPS) is 21.1. The Labute approximate surface area is 664 Å². The van der Waals surface area contributed by atoms with Crippen molar-refractivity contribution in [2.24, 2.45) is 17.4 Å². The van der Waals surface area contributed by atoms with Crippen LogP contribution in [0.5, 0.6) is 0 Å². The molecule has 0 aromatic heterocycles. The molecule has 4 rings (SSSR count). The molecule has 1 aliphatic rings.